The molecular weight excluding hydrogens is 279 g/mol. The van der Waals surface area contributed by atoms with E-state index >= 15 is 0 Å². The third-order valence-corrected chi connectivity index (χ3v) is 5.50. The highest BCUT2D eigenvalue weighted by atomic mass is 32.2. The number of halogens is 1. The molecule has 4 nitrogen and oxygen atoms in total. The van der Waals surface area contributed by atoms with E-state index in [0.717, 1.165) is 19.6 Å². The normalized spacial score (nSPS) is 16.9. The minimum Gasteiger partial charge on any atom is -0.302 e. The number of likely N-dealkylation sites (N-methyl/N-ethyl adjacent to an activating group) is 1. The second-order valence-electron chi connectivity index (χ2n) is 5.25. The molecule has 1 saturated heterocycles. The van der Waals surface area contributed by atoms with Crippen LogP contribution in [0, 0.1) is 5.82 Å². The fraction of sp³-hybridized carbons (Fsp3) is 0.571. The van der Waals surface area contributed by atoms with Gasteiger partial charge in [-0.2, -0.15) is 0 Å². The van der Waals surface area contributed by atoms with Gasteiger partial charge in [-0.25, -0.2) is 17.1 Å². The first-order valence-corrected chi connectivity index (χ1v) is 8.49. The summed E-state index contributed by atoms with van der Waals surface area (Å²) in [6, 6.07) is 5.60. The van der Waals surface area contributed by atoms with Crippen LogP contribution < -0.4 is 0 Å². The number of likely N-dealkylation sites (tertiary alicyclic amines) is 1. The van der Waals surface area contributed by atoms with Gasteiger partial charge in [-0.15, -0.1) is 0 Å². The van der Waals surface area contributed by atoms with Crippen LogP contribution in [0.15, 0.2) is 24.3 Å². The number of hydrogen-bond acceptors (Lipinski definition) is 3. The molecule has 1 fully saturated rings. The monoisotopic (exact) mass is 300 g/mol. The SMILES string of the molecule is CN(CCN1CCCC1)S(=O)(=O)Cc1ccc(F)cc1. The maximum atomic E-state index is 12.8. The second-order valence-corrected chi connectivity index (χ2v) is 7.33. The van der Waals surface area contributed by atoms with Crippen molar-refractivity contribution >= 4 is 10.0 Å². The van der Waals surface area contributed by atoms with Gasteiger partial charge in [0.15, 0.2) is 0 Å². The van der Waals surface area contributed by atoms with Gasteiger partial charge in [0.2, 0.25) is 10.0 Å². The van der Waals surface area contributed by atoms with Gasteiger partial charge in [0.05, 0.1) is 5.75 Å². The molecule has 1 heterocycles. The highest BCUT2D eigenvalue weighted by Crippen LogP contribution is 2.12. The van der Waals surface area contributed by atoms with Crippen LogP contribution in [0.25, 0.3) is 0 Å². The van der Waals surface area contributed by atoms with E-state index in [1.54, 1.807) is 7.05 Å². The molecule has 1 aliphatic rings. The minimum absolute atomic E-state index is 0.0796. The first kappa shape index (κ1) is 15.4. The Kier molecular flexibility index (Phi) is 5.12. The Balaban J connectivity index is 1.89. The molecule has 2 rings (SSSR count). The van der Waals surface area contributed by atoms with Gasteiger partial charge in [-0.1, -0.05) is 12.1 Å². The molecule has 0 amide bonds. The fourth-order valence-corrected chi connectivity index (χ4v) is 3.52. The summed E-state index contributed by atoms with van der Waals surface area (Å²) in [6.07, 6.45) is 2.40. The van der Waals surface area contributed by atoms with E-state index in [2.05, 4.69) is 4.90 Å². The van der Waals surface area contributed by atoms with Gasteiger partial charge in [0.25, 0.3) is 0 Å². The van der Waals surface area contributed by atoms with Crippen molar-refractivity contribution in [1.82, 2.24) is 9.21 Å². The molecule has 0 saturated carbocycles. The largest absolute Gasteiger partial charge is 0.302 e. The van der Waals surface area contributed by atoms with Gasteiger partial charge >= 0.3 is 0 Å². The molecule has 20 heavy (non-hydrogen) atoms. The summed E-state index contributed by atoms with van der Waals surface area (Å²) in [5, 5.41) is 0. The van der Waals surface area contributed by atoms with Gasteiger partial charge in [0, 0.05) is 20.1 Å². The van der Waals surface area contributed by atoms with Crippen molar-refractivity contribution in [1.29, 1.82) is 0 Å². The molecule has 0 aromatic heterocycles. The predicted molar refractivity (Wildman–Crippen MR) is 77.3 cm³/mol. The summed E-state index contributed by atoms with van der Waals surface area (Å²) in [5.74, 6) is -0.433. The van der Waals surface area contributed by atoms with E-state index in [4.69, 9.17) is 0 Å². The van der Waals surface area contributed by atoms with Crippen LogP contribution in [0.5, 0.6) is 0 Å². The molecule has 0 atom stereocenters. The van der Waals surface area contributed by atoms with Crippen LogP contribution in [0.4, 0.5) is 4.39 Å². The van der Waals surface area contributed by atoms with Crippen molar-refractivity contribution in [2.45, 2.75) is 18.6 Å². The molecule has 0 radical (unpaired) electrons. The summed E-state index contributed by atoms with van der Waals surface area (Å²) in [6.45, 7) is 3.40. The van der Waals surface area contributed by atoms with E-state index in [-0.39, 0.29) is 11.6 Å². The molecule has 1 aromatic carbocycles. The van der Waals surface area contributed by atoms with Crippen molar-refractivity contribution in [3.8, 4) is 0 Å². The predicted octanol–water partition coefficient (Wildman–Crippen LogP) is 1.68. The van der Waals surface area contributed by atoms with Crippen LogP contribution in [-0.4, -0.2) is 50.8 Å². The molecule has 1 aliphatic heterocycles. The Morgan fingerprint density at radius 3 is 2.40 bits per heavy atom. The Bertz CT molecular complexity index is 525. The van der Waals surface area contributed by atoms with Crippen LogP contribution >= 0.6 is 0 Å². The lowest BCUT2D eigenvalue weighted by Crippen LogP contribution is -2.35. The highest BCUT2D eigenvalue weighted by molar-refractivity contribution is 7.88. The van der Waals surface area contributed by atoms with Gasteiger partial charge in [-0.05, 0) is 43.6 Å². The van der Waals surface area contributed by atoms with Crippen molar-refractivity contribution < 1.29 is 12.8 Å². The van der Waals surface area contributed by atoms with Crippen LogP contribution in [0.1, 0.15) is 18.4 Å². The maximum absolute atomic E-state index is 12.8. The molecule has 1 aromatic rings. The molecule has 6 heteroatoms. The Morgan fingerprint density at radius 1 is 1.20 bits per heavy atom. The fourth-order valence-electron chi connectivity index (χ4n) is 2.33. The van der Waals surface area contributed by atoms with E-state index in [1.165, 1.54) is 41.4 Å². The summed E-state index contributed by atoms with van der Waals surface area (Å²) in [4.78, 5) is 2.28. The van der Waals surface area contributed by atoms with Gasteiger partial charge in [-0.3, -0.25) is 0 Å². The Hall–Kier alpha value is -0.980. The van der Waals surface area contributed by atoms with E-state index in [1.807, 2.05) is 0 Å². The number of sulfonamides is 1. The van der Waals surface area contributed by atoms with Crippen molar-refractivity contribution in [2.24, 2.45) is 0 Å². The number of hydrogen-bond donors (Lipinski definition) is 0. The quantitative estimate of drug-likeness (QED) is 0.802. The molecule has 0 unspecified atom stereocenters. The molecular formula is C14H21FN2O2S. The van der Waals surface area contributed by atoms with E-state index in [9.17, 15) is 12.8 Å². The zero-order valence-corrected chi connectivity index (χ0v) is 12.6. The average Bonchev–Trinajstić information content (AvgIpc) is 2.91. The summed E-state index contributed by atoms with van der Waals surface area (Å²) < 4.78 is 38.6. The van der Waals surface area contributed by atoms with Crippen molar-refractivity contribution in [3.05, 3.63) is 35.6 Å². The summed E-state index contributed by atoms with van der Waals surface area (Å²) in [5.41, 5.74) is 0.611. The second kappa shape index (κ2) is 6.65. The lowest BCUT2D eigenvalue weighted by atomic mass is 10.2. The Morgan fingerprint density at radius 2 is 1.80 bits per heavy atom. The first-order valence-electron chi connectivity index (χ1n) is 6.88. The lowest BCUT2D eigenvalue weighted by molar-refractivity contribution is 0.310. The van der Waals surface area contributed by atoms with Crippen molar-refractivity contribution in [3.63, 3.8) is 0 Å². The molecule has 0 N–H and O–H groups in total. The lowest BCUT2D eigenvalue weighted by Gasteiger charge is -2.21. The third-order valence-electron chi connectivity index (χ3n) is 3.67. The molecule has 0 aliphatic carbocycles. The number of rotatable bonds is 6. The smallest absolute Gasteiger partial charge is 0.218 e. The molecule has 0 bridgehead atoms. The number of benzene rings is 1. The van der Waals surface area contributed by atoms with Crippen LogP contribution in [-0.2, 0) is 15.8 Å². The van der Waals surface area contributed by atoms with E-state index < -0.39 is 10.0 Å². The standard InChI is InChI=1S/C14H21FN2O2S/c1-16(10-11-17-8-2-3-9-17)20(18,19)12-13-4-6-14(15)7-5-13/h4-7H,2-3,8-12H2,1H3. The summed E-state index contributed by atoms with van der Waals surface area (Å²) >= 11 is 0. The third kappa shape index (κ3) is 4.26. The molecule has 0 spiro atoms. The number of nitrogens with zero attached hydrogens (tertiary/aromatic N) is 2. The minimum atomic E-state index is -3.33. The Labute approximate surface area is 120 Å². The van der Waals surface area contributed by atoms with Gasteiger partial charge < -0.3 is 4.90 Å². The van der Waals surface area contributed by atoms with Crippen molar-refractivity contribution in [2.75, 3.05) is 33.2 Å². The molecule has 112 valence electrons. The maximum Gasteiger partial charge on any atom is 0.218 e. The van der Waals surface area contributed by atoms with Crippen LogP contribution in [0.3, 0.4) is 0 Å². The zero-order chi connectivity index (χ0) is 14.6. The zero-order valence-electron chi connectivity index (χ0n) is 11.8. The highest BCUT2D eigenvalue weighted by Gasteiger charge is 2.20. The van der Waals surface area contributed by atoms with Crippen LogP contribution in [0.2, 0.25) is 0 Å². The van der Waals surface area contributed by atoms with Gasteiger partial charge in [0.1, 0.15) is 5.82 Å². The summed E-state index contributed by atoms with van der Waals surface area (Å²) in [7, 11) is -1.73. The topological polar surface area (TPSA) is 40.6 Å². The average molecular weight is 300 g/mol. The van der Waals surface area contributed by atoms with E-state index in [0.29, 0.717) is 12.1 Å². The first-order chi connectivity index (χ1) is 9.47.